The number of carbonyl (C=O) groups is 3. The Morgan fingerprint density at radius 1 is 1.12 bits per heavy atom. The van der Waals surface area contributed by atoms with Gasteiger partial charge in [0.25, 0.3) is 0 Å². The molecule has 138 valence electrons. The fraction of sp³-hybridized carbons (Fsp3) is 0.500. The van der Waals surface area contributed by atoms with Crippen LogP contribution in [0.3, 0.4) is 0 Å². The quantitative estimate of drug-likeness (QED) is 0.616. The van der Waals surface area contributed by atoms with Crippen LogP contribution in [0.15, 0.2) is 30.3 Å². The number of benzene rings is 1. The maximum atomic E-state index is 12.4. The van der Waals surface area contributed by atoms with E-state index in [0.29, 0.717) is 6.42 Å². The molecule has 25 heavy (non-hydrogen) atoms. The predicted molar refractivity (Wildman–Crippen MR) is 94.5 cm³/mol. The molecule has 0 aromatic heterocycles. The second kappa shape index (κ2) is 9.17. The largest absolute Gasteiger partial charge is 0.468 e. The van der Waals surface area contributed by atoms with E-state index >= 15 is 0 Å². The van der Waals surface area contributed by atoms with Crippen molar-refractivity contribution in [2.24, 2.45) is 11.1 Å². The number of amides is 2. The summed E-state index contributed by atoms with van der Waals surface area (Å²) in [5, 5.41) is 5.16. The molecule has 7 heteroatoms. The third kappa shape index (κ3) is 6.93. The summed E-state index contributed by atoms with van der Waals surface area (Å²) in [6.07, 6.45) is 0.368. The summed E-state index contributed by atoms with van der Waals surface area (Å²) < 4.78 is 4.49. The molecule has 1 aromatic carbocycles. The van der Waals surface area contributed by atoms with Gasteiger partial charge < -0.3 is 21.1 Å². The number of methoxy groups -OCH3 is 1. The Bertz CT molecular complexity index is 596. The summed E-state index contributed by atoms with van der Waals surface area (Å²) in [5.74, 6) is -1.44. The summed E-state index contributed by atoms with van der Waals surface area (Å²) in [6, 6.07) is 7.80. The highest BCUT2D eigenvalue weighted by atomic mass is 16.5. The maximum absolute atomic E-state index is 12.4. The van der Waals surface area contributed by atoms with Crippen LogP contribution in [-0.2, 0) is 25.5 Å². The van der Waals surface area contributed by atoms with Crippen LogP contribution in [0.25, 0.3) is 0 Å². The minimum absolute atomic E-state index is 0.256. The van der Waals surface area contributed by atoms with Crippen molar-refractivity contribution in [3.63, 3.8) is 0 Å². The molecule has 4 N–H and O–H groups in total. The molecule has 0 saturated carbocycles. The molecule has 0 aliphatic rings. The van der Waals surface area contributed by atoms with E-state index in [9.17, 15) is 14.4 Å². The number of esters is 1. The molecule has 0 fully saturated rings. The lowest BCUT2D eigenvalue weighted by atomic mass is 9.85. The van der Waals surface area contributed by atoms with Gasteiger partial charge in [0, 0.05) is 0 Å². The first kappa shape index (κ1) is 20.6. The Hall–Kier alpha value is -2.41. The van der Waals surface area contributed by atoms with E-state index in [2.05, 4.69) is 15.4 Å². The molecule has 0 heterocycles. The van der Waals surface area contributed by atoms with Crippen molar-refractivity contribution in [2.75, 3.05) is 13.7 Å². The monoisotopic (exact) mass is 349 g/mol. The fourth-order valence-corrected chi connectivity index (χ4v) is 2.22. The van der Waals surface area contributed by atoms with Gasteiger partial charge in [-0.2, -0.15) is 0 Å². The van der Waals surface area contributed by atoms with E-state index in [1.54, 1.807) is 0 Å². The Kier molecular flexibility index (Phi) is 7.57. The van der Waals surface area contributed by atoms with E-state index in [1.807, 2.05) is 51.1 Å². The lowest BCUT2D eigenvalue weighted by Crippen LogP contribution is -2.57. The predicted octanol–water partition coefficient (Wildman–Crippen LogP) is 0.377. The van der Waals surface area contributed by atoms with Gasteiger partial charge in [0.2, 0.25) is 11.8 Å². The zero-order chi connectivity index (χ0) is 19.0. The molecule has 1 aromatic rings. The van der Waals surface area contributed by atoms with E-state index in [0.717, 1.165) is 5.56 Å². The van der Waals surface area contributed by atoms with Crippen molar-refractivity contribution in [3.05, 3.63) is 35.9 Å². The van der Waals surface area contributed by atoms with Crippen LogP contribution in [0.1, 0.15) is 26.3 Å². The second-order valence-electron chi connectivity index (χ2n) is 6.90. The Morgan fingerprint density at radius 2 is 1.72 bits per heavy atom. The lowest BCUT2D eigenvalue weighted by Gasteiger charge is -2.31. The molecule has 1 rings (SSSR count). The summed E-state index contributed by atoms with van der Waals surface area (Å²) >= 11 is 0. The van der Waals surface area contributed by atoms with Crippen LogP contribution in [-0.4, -0.2) is 43.5 Å². The first-order chi connectivity index (χ1) is 11.6. The fourth-order valence-electron chi connectivity index (χ4n) is 2.22. The summed E-state index contributed by atoms with van der Waals surface area (Å²) in [4.78, 5) is 35.9. The Balaban J connectivity index is 2.72. The number of ether oxygens (including phenoxy) is 1. The van der Waals surface area contributed by atoms with Gasteiger partial charge in [0.1, 0.15) is 12.6 Å². The van der Waals surface area contributed by atoms with Crippen LogP contribution >= 0.6 is 0 Å². The molecule has 0 unspecified atom stereocenters. The highest BCUT2D eigenvalue weighted by Crippen LogP contribution is 2.19. The molecule has 0 radical (unpaired) electrons. The molecule has 0 aliphatic heterocycles. The van der Waals surface area contributed by atoms with Crippen molar-refractivity contribution in [2.45, 2.75) is 39.3 Å². The average Bonchev–Trinajstić information content (AvgIpc) is 2.56. The van der Waals surface area contributed by atoms with Gasteiger partial charge >= 0.3 is 5.97 Å². The number of carbonyl (C=O) groups excluding carboxylic acids is 3. The minimum atomic E-state index is -0.827. The lowest BCUT2D eigenvalue weighted by molar-refractivity contribution is -0.142. The Labute approximate surface area is 148 Å². The first-order valence-electron chi connectivity index (χ1n) is 8.09. The highest BCUT2D eigenvalue weighted by Gasteiger charge is 2.34. The zero-order valence-electron chi connectivity index (χ0n) is 15.2. The molecule has 0 saturated heterocycles. The molecule has 0 aliphatic carbocycles. The molecular formula is C18H27N3O4. The van der Waals surface area contributed by atoms with Crippen LogP contribution in [0, 0.1) is 5.41 Å². The molecule has 2 amide bonds. The molecule has 2 atom stereocenters. The molecule has 0 bridgehead atoms. The third-order valence-electron chi connectivity index (χ3n) is 3.68. The second-order valence-corrected chi connectivity index (χ2v) is 6.90. The highest BCUT2D eigenvalue weighted by molar-refractivity contribution is 5.91. The number of rotatable bonds is 7. The van der Waals surface area contributed by atoms with Crippen LogP contribution in [0.4, 0.5) is 0 Å². The average molecular weight is 349 g/mol. The van der Waals surface area contributed by atoms with Crippen molar-refractivity contribution >= 4 is 17.8 Å². The van der Waals surface area contributed by atoms with Gasteiger partial charge in [0.15, 0.2) is 0 Å². The van der Waals surface area contributed by atoms with Crippen molar-refractivity contribution in [1.29, 1.82) is 0 Å². The SMILES string of the molecule is COC(=O)CNC(=O)[C@@H](NC(=O)[C@@H](N)Cc1ccccc1)C(C)(C)C. The smallest absolute Gasteiger partial charge is 0.325 e. The number of nitrogens with one attached hydrogen (secondary N) is 2. The third-order valence-corrected chi connectivity index (χ3v) is 3.68. The summed E-state index contributed by atoms with van der Waals surface area (Å²) in [5.41, 5.74) is 6.35. The van der Waals surface area contributed by atoms with Crippen LogP contribution in [0.2, 0.25) is 0 Å². The van der Waals surface area contributed by atoms with Gasteiger partial charge in [-0.05, 0) is 17.4 Å². The standard InChI is InChI=1S/C18H27N3O4/c1-18(2,3)15(17(24)20-11-14(22)25-4)21-16(23)13(19)10-12-8-6-5-7-9-12/h5-9,13,15H,10-11,19H2,1-4H3,(H,20,24)(H,21,23)/t13-,15+/m0/s1. The number of nitrogens with two attached hydrogens (primary N) is 1. The molecular weight excluding hydrogens is 322 g/mol. The van der Waals surface area contributed by atoms with Gasteiger partial charge in [-0.25, -0.2) is 0 Å². The van der Waals surface area contributed by atoms with Crippen molar-refractivity contribution in [3.8, 4) is 0 Å². The van der Waals surface area contributed by atoms with E-state index in [4.69, 9.17) is 5.73 Å². The van der Waals surface area contributed by atoms with Gasteiger partial charge in [0.05, 0.1) is 13.2 Å². The molecule has 7 nitrogen and oxygen atoms in total. The number of hydrogen-bond donors (Lipinski definition) is 3. The zero-order valence-corrected chi connectivity index (χ0v) is 15.2. The van der Waals surface area contributed by atoms with Crippen LogP contribution in [0.5, 0.6) is 0 Å². The summed E-state index contributed by atoms with van der Waals surface area (Å²) in [7, 11) is 1.24. The minimum Gasteiger partial charge on any atom is -0.468 e. The Morgan fingerprint density at radius 3 is 2.24 bits per heavy atom. The van der Waals surface area contributed by atoms with E-state index < -0.39 is 35.3 Å². The van der Waals surface area contributed by atoms with Crippen LogP contribution < -0.4 is 16.4 Å². The normalized spacial score (nSPS) is 13.5. The van der Waals surface area contributed by atoms with Gasteiger partial charge in [-0.15, -0.1) is 0 Å². The van der Waals surface area contributed by atoms with Crippen molar-refractivity contribution in [1.82, 2.24) is 10.6 Å². The number of hydrogen-bond acceptors (Lipinski definition) is 5. The van der Waals surface area contributed by atoms with Gasteiger partial charge in [-0.3, -0.25) is 14.4 Å². The summed E-state index contributed by atoms with van der Waals surface area (Å²) in [6.45, 7) is 5.20. The topological polar surface area (TPSA) is 111 Å². The maximum Gasteiger partial charge on any atom is 0.325 e. The van der Waals surface area contributed by atoms with Crippen molar-refractivity contribution < 1.29 is 19.1 Å². The molecule has 0 spiro atoms. The first-order valence-corrected chi connectivity index (χ1v) is 8.09. The van der Waals surface area contributed by atoms with Gasteiger partial charge in [-0.1, -0.05) is 51.1 Å². The van der Waals surface area contributed by atoms with E-state index in [-0.39, 0.29) is 6.54 Å². The van der Waals surface area contributed by atoms with E-state index in [1.165, 1.54) is 7.11 Å².